The maximum Gasteiger partial charge on any atom is 0.0588 e. The van der Waals surface area contributed by atoms with Crippen molar-refractivity contribution in [2.75, 3.05) is 25.6 Å². The van der Waals surface area contributed by atoms with Crippen LogP contribution in [0.25, 0.3) is 0 Å². The van der Waals surface area contributed by atoms with Crippen LogP contribution in [0.1, 0.15) is 31.2 Å². The summed E-state index contributed by atoms with van der Waals surface area (Å²) in [5, 5.41) is 3.18. The highest BCUT2D eigenvalue weighted by Crippen LogP contribution is 2.47. The molecule has 0 spiro atoms. The number of benzene rings is 1. The number of ether oxygens (including phenoxy) is 1. The highest BCUT2D eigenvalue weighted by molar-refractivity contribution is 5.46. The average molecular weight is 231 g/mol. The van der Waals surface area contributed by atoms with Crippen molar-refractivity contribution in [2.24, 2.45) is 5.92 Å². The van der Waals surface area contributed by atoms with E-state index >= 15 is 0 Å². The van der Waals surface area contributed by atoms with Crippen LogP contribution in [0.4, 0.5) is 5.69 Å². The van der Waals surface area contributed by atoms with E-state index in [1.807, 2.05) is 7.05 Å². The van der Waals surface area contributed by atoms with Crippen molar-refractivity contribution in [2.45, 2.75) is 31.1 Å². The molecular weight excluding hydrogens is 210 g/mol. The summed E-state index contributed by atoms with van der Waals surface area (Å²) in [6.45, 7) is 1.85. The van der Waals surface area contributed by atoms with Crippen molar-refractivity contribution in [1.82, 2.24) is 0 Å². The molecule has 0 amide bonds. The van der Waals surface area contributed by atoms with Crippen molar-refractivity contribution in [1.29, 1.82) is 0 Å². The van der Waals surface area contributed by atoms with Crippen LogP contribution < -0.4 is 5.32 Å². The van der Waals surface area contributed by atoms with E-state index < -0.39 is 0 Å². The highest BCUT2D eigenvalue weighted by Gasteiger charge is 2.47. The Labute approximate surface area is 103 Å². The molecule has 2 fully saturated rings. The van der Waals surface area contributed by atoms with Crippen LogP contribution in [0, 0.1) is 5.92 Å². The first kappa shape index (κ1) is 11.1. The van der Waals surface area contributed by atoms with Gasteiger partial charge < -0.3 is 10.1 Å². The summed E-state index contributed by atoms with van der Waals surface area (Å²) in [7, 11) is 1.97. The summed E-state index contributed by atoms with van der Waals surface area (Å²) in [4.78, 5) is 0. The third kappa shape index (κ3) is 1.75. The van der Waals surface area contributed by atoms with E-state index in [2.05, 4.69) is 29.6 Å². The molecule has 1 heterocycles. The Morgan fingerprint density at radius 2 is 1.76 bits per heavy atom. The van der Waals surface area contributed by atoms with Crippen LogP contribution in [0.2, 0.25) is 0 Å². The molecule has 1 saturated carbocycles. The molecular formula is C15H21NO. The number of hydrogen-bond donors (Lipinski definition) is 1. The van der Waals surface area contributed by atoms with Crippen molar-refractivity contribution >= 4 is 5.69 Å². The SMILES string of the molecule is CNc1ccc(C2(C3CCCC3)COC2)cc1. The zero-order chi connectivity index (χ0) is 11.7. The molecule has 0 aromatic heterocycles. The van der Waals surface area contributed by atoms with E-state index in [1.165, 1.54) is 36.9 Å². The molecule has 1 aromatic rings. The summed E-state index contributed by atoms with van der Waals surface area (Å²) in [5.41, 5.74) is 3.01. The molecule has 0 radical (unpaired) electrons. The normalized spacial score (nSPS) is 23.4. The first-order valence-electron chi connectivity index (χ1n) is 6.71. The van der Waals surface area contributed by atoms with Crippen LogP contribution in [0.5, 0.6) is 0 Å². The Morgan fingerprint density at radius 3 is 2.24 bits per heavy atom. The fourth-order valence-corrected chi connectivity index (χ4v) is 3.41. The molecule has 1 N–H and O–H groups in total. The van der Waals surface area contributed by atoms with Crippen LogP contribution in [-0.2, 0) is 10.2 Å². The summed E-state index contributed by atoms with van der Waals surface area (Å²) < 4.78 is 5.55. The lowest BCUT2D eigenvalue weighted by Crippen LogP contribution is -2.51. The molecule has 2 heteroatoms. The summed E-state index contributed by atoms with van der Waals surface area (Å²) >= 11 is 0. The van der Waals surface area contributed by atoms with Gasteiger partial charge in [0.2, 0.25) is 0 Å². The van der Waals surface area contributed by atoms with Crippen LogP contribution in [-0.4, -0.2) is 20.3 Å². The second-order valence-corrected chi connectivity index (χ2v) is 5.46. The van der Waals surface area contributed by atoms with Gasteiger partial charge in [0, 0.05) is 18.2 Å². The minimum absolute atomic E-state index is 0.336. The lowest BCUT2D eigenvalue weighted by molar-refractivity contribution is -0.0896. The predicted molar refractivity (Wildman–Crippen MR) is 70.4 cm³/mol. The Balaban J connectivity index is 1.88. The molecule has 3 rings (SSSR count). The number of rotatable bonds is 3. The monoisotopic (exact) mass is 231 g/mol. The van der Waals surface area contributed by atoms with E-state index in [0.717, 1.165) is 19.1 Å². The van der Waals surface area contributed by atoms with E-state index in [4.69, 9.17) is 4.74 Å². The Bertz CT molecular complexity index is 374. The minimum Gasteiger partial charge on any atom is -0.388 e. The molecule has 2 aliphatic rings. The van der Waals surface area contributed by atoms with E-state index in [9.17, 15) is 0 Å². The van der Waals surface area contributed by atoms with Gasteiger partial charge in [-0.3, -0.25) is 0 Å². The maximum absolute atomic E-state index is 5.55. The van der Waals surface area contributed by atoms with Crippen LogP contribution in [0.15, 0.2) is 24.3 Å². The van der Waals surface area contributed by atoms with Gasteiger partial charge in [-0.25, -0.2) is 0 Å². The van der Waals surface area contributed by atoms with E-state index in [0.29, 0.717) is 5.41 Å². The molecule has 92 valence electrons. The molecule has 1 saturated heterocycles. The van der Waals surface area contributed by atoms with Gasteiger partial charge >= 0.3 is 0 Å². The minimum atomic E-state index is 0.336. The summed E-state index contributed by atoms with van der Waals surface area (Å²) in [6.07, 6.45) is 5.58. The molecule has 1 aromatic carbocycles. The second kappa shape index (κ2) is 4.34. The van der Waals surface area contributed by atoms with E-state index in [-0.39, 0.29) is 0 Å². The predicted octanol–water partition coefficient (Wildman–Crippen LogP) is 3.19. The molecule has 17 heavy (non-hydrogen) atoms. The zero-order valence-corrected chi connectivity index (χ0v) is 10.5. The zero-order valence-electron chi connectivity index (χ0n) is 10.5. The first-order chi connectivity index (χ1) is 8.35. The molecule has 1 aliphatic heterocycles. The van der Waals surface area contributed by atoms with Crippen molar-refractivity contribution in [3.8, 4) is 0 Å². The third-order valence-electron chi connectivity index (χ3n) is 4.60. The summed E-state index contributed by atoms with van der Waals surface area (Å²) in [6, 6.07) is 8.94. The van der Waals surface area contributed by atoms with Gasteiger partial charge in [-0.1, -0.05) is 25.0 Å². The van der Waals surface area contributed by atoms with Crippen LogP contribution in [0.3, 0.4) is 0 Å². The standard InChI is InChI=1S/C15H21NO/c1-16-14-8-6-13(7-9-14)15(10-17-11-15)12-4-2-3-5-12/h6-9,12,16H,2-5,10-11H2,1H3. The molecule has 2 nitrogen and oxygen atoms in total. The van der Waals surface area contributed by atoms with E-state index in [1.54, 1.807) is 0 Å². The lowest BCUT2D eigenvalue weighted by Gasteiger charge is -2.46. The molecule has 0 bridgehead atoms. The quantitative estimate of drug-likeness (QED) is 0.862. The Hall–Kier alpha value is -1.02. The molecule has 0 unspecified atom stereocenters. The number of nitrogens with one attached hydrogen (secondary N) is 1. The van der Waals surface area contributed by atoms with Crippen molar-refractivity contribution < 1.29 is 4.74 Å². The van der Waals surface area contributed by atoms with Gasteiger partial charge in [0.25, 0.3) is 0 Å². The maximum atomic E-state index is 5.55. The largest absolute Gasteiger partial charge is 0.388 e. The third-order valence-corrected chi connectivity index (χ3v) is 4.60. The smallest absolute Gasteiger partial charge is 0.0588 e. The Morgan fingerprint density at radius 1 is 1.12 bits per heavy atom. The summed E-state index contributed by atoms with van der Waals surface area (Å²) in [5.74, 6) is 0.844. The van der Waals surface area contributed by atoms with Gasteiger partial charge in [0.15, 0.2) is 0 Å². The Kier molecular flexibility index (Phi) is 2.83. The second-order valence-electron chi connectivity index (χ2n) is 5.46. The highest BCUT2D eigenvalue weighted by atomic mass is 16.5. The lowest BCUT2D eigenvalue weighted by atomic mass is 9.68. The molecule has 0 atom stereocenters. The van der Waals surface area contributed by atoms with Gasteiger partial charge in [0.1, 0.15) is 0 Å². The van der Waals surface area contributed by atoms with Gasteiger partial charge in [-0.05, 0) is 36.5 Å². The van der Waals surface area contributed by atoms with Crippen molar-refractivity contribution in [3.05, 3.63) is 29.8 Å². The van der Waals surface area contributed by atoms with Gasteiger partial charge in [-0.2, -0.15) is 0 Å². The average Bonchev–Trinajstić information content (AvgIpc) is 2.83. The fraction of sp³-hybridized carbons (Fsp3) is 0.600. The first-order valence-corrected chi connectivity index (χ1v) is 6.71. The topological polar surface area (TPSA) is 21.3 Å². The van der Waals surface area contributed by atoms with Gasteiger partial charge in [-0.15, -0.1) is 0 Å². The van der Waals surface area contributed by atoms with Crippen molar-refractivity contribution in [3.63, 3.8) is 0 Å². The van der Waals surface area contributed by atoms with Crippen LogP contribution >= 0.6 is 0 Å². The number of hydrogen-bond acceptors (Lipinski definition) is 2. The number of anilines is 1. The fourth-order valence-electron chi connectivity index (χ4n) is 3.41. The van der Waals surface area contributed by atoms with Gasteiger partial charge in [0.05, 0.1) is 13.2 Å². The molecule has 1 aliphatic carbocycles.